The van der Waals surface area contributed by atoms with E-state index in [0.717, 1.165) is 31.5 Å². The number of fused-ring (bicyclic) bond motifs is 2. The lowest BCUT2D eigenvalue weighted by Gasteiger charge is -2.28. The van der Waals surface area contributed by atoms with Gasteiger partial charge in [-0.3, -0.25) is 4.79 Å². The van der Waals surface area contributed by atoms with Crippen LogP contribution in [0.25, 0.3) is 0 Å². The number of hydrogen-bond acceptors (Lipinski definition) is 3. The Morgan fingerprint density at radius 2 is 1.90 bits per heavy atom. The van der Waals surface area contributed by atoms with Crippen molar-refractivity contribution in [2.24, 2.45) is 0 Å². The summed E-state index contributed by atoms with van der Waals surface area (Å²) in [5.74, 6) is 0.212. The fraction of sp³-hybridized carbons (Fsp3) is 0.533. The van der Waals surface area contributed by atoms with Crippen molar-refractivity contribution in [2.45, 2.75) is 36.2 Å². The molecule has 0 radical (unpaired) electrons. The molecule has 1 N–H and O–H groups in total. The molecule has 1 amide bonds. The van der Waals surface area contributed by atoms with E-state index in [9.17, 15) is 4.79 Å². The minimum atomic E-state index is 0. The lowest BCUT2D eigenvalue weighted by atomic mass is 10.1. The maximum absolute atomic E-state index is 12.7. The first-order valence-electron chi connectivity index (χ1n) is 6.97. The van der Waals surface area contributed by atoms with Crippen LogP contribution in [0.3, 0.4) is 0 Å². The fourth-order valence-corrected chi connectivity index (χ4v) is 3.60. The number of amides is 1. The highest BCUT2D eigenvalue weighted by molar-refractivity contribution is 7.98. The van der Waals surface area contributed by atoms with Crippen molar-refractivity contribution in [1.29, 1.82) is 0 Å². The van der Waals surface area contributed by atoms with Crippen molar-refractivity contribution >= 4 is 30.1 Å². The average molecular weight is 313 g/mol. The second-order valence-corrected chi connectivity index (χ2v) is 6.20. The number of carbonyl (C=O) groups is 1. The zero-order valence-electron chi connectivity index (χ0n) is 11.7. The molecule has 0 spiro atoms. The summed E-state index contributed by atoms with van der Waals surface area (Å²) in [5, 5.41) is 3.44. The molecule has 1 aromatic carbocycles. The van der Waals surface area contributed by atoms with Crippen LogP contribution >= 0.6 is 24.2 Å². The topological polar surface area (TPSA) is 32.3 Å². The molecule has 0 aromatic heterocycles. The summed E-state index contributed by atoms with van der Waals surface area (Å²) in [6.45, 7) is 1.99. The number of nitrogens with zero attached hydrogens (tertiary/aromatic N) is 1. The second-order valence-electron chi connectivity index (χ2n) is 5.32. The van der Waals surface area contributed by atoms with Gasteiger partial charge in [-0.1, -0.05) is 0 Å². The largest absolute Gasteiger partial charge is 0.331 e. The van der Waals surface area contributed by atoms with Crippen LogP contribution in [0.4, 0.5) is 0 Å². The number of rotatable bonds is 2. The van der Waals surface area contributed by atoms with Crippen molar-refractivity contribution in [3.05, 3.63) is 29.8 Å². The zero-order chi connectivity index (χ0) is 13.2. The summed E-state index contributed by atoms with van der Waals surface area (Å²) in [6.07, 6.45) is 5.45. The minimum Gasteiger partial charge on any atom is -0.331 e. The van der Waals surface area contributed by atoms with Crippen LogP contribution in [0.15, 0.2) is 29.2 Å². The van der Waals surface area contributed by atoms with Crippen LogP contribution in [0.1, 0.15) is 29.6 Å². The molecular weight excluding hydrogens is 292 g/mol. The summed E-state index contributed by atoms with van der Waals surface area (Å²) < 4.78 is 0. The summed E-state index contributed by atoms with van der Waals surface area (Å²) in [7, 11) is 0. The Labute approximate surface area is 130 Å². The lowest BCUT2D eigenvalue weighted by Crippen LogP contribution is -2.42. The standard InChI is InChI=1S/C15H20N2OS.ClH/c1-19-14-6-2-11(3-7-14)15(18)17-12-4-5-13(17)10-16-9-8-12;/h2-3,6-7,12-13,16H,4-5,8-10H2,1H3;1H. The Kier molecular flexibility index (Phi) is 5.35. The zero-order valence-corrected chi connectivity index (χ0v) is 13.3. The van der Waals surface area contributed by atoms with E-state index in [4.69, 9.17) is 0 Å². The highest BCUT2D eigenvalue weighted by Gasteiger charge is 2.38. The average Bonchev–Trinajstić information content (AvgIpc) is 2.71. The van der Waals surface area contributed by atoms with Gasteiger partial charge in [0.2, 0.25) is 0 Å². The third kappa shape index (κ3) is 2.97. The van der Waals surface area contributed by atoms with E-state index in [-0.39, 0.29) is 18.3 Å². The van der Waals surface area contributed by atoms with Gasteiger partial charge in [0.1, 0.15) is 0 Å². The van der Waals surface area contributed by atoms with Crippen LogP contribution in [-0.4, -0.2) is 42.2 Å². The molecule has 0 aliphatic carbocycles. The number of carbonyl (C=O) groups excluding carboxylic acids is 1. The molecule has 2 aliphatic rings. The molecule has 3 nitrogen and oxygen atoms in total. The molecule has 5 heteroatoms. The number of hydrogen-bond donors (Lipinski definition) is 1. The van der Waals surface area contributed by atoms with E-state index < -0.39 is 0 Å². The number of halogens is 1. The Morgan fingerprint density at radius 3 is 2.60 bits per heavy atom. The molecule has 2 atom stereocenters. The highest BCUT2D eigenvalue weighted by Crippen LogP contribution is 2.29. The smallest absolute Gasteiger partial charge is 0.254 e. The maximum atomic E-state index is 12.7. The number of nitrogens with one attached hydrogen (secondary N) is 1. The Hall–Kier alpha value is -0.710. The number of thioether (sulfide) groups is 1. The van der Waals surface area contributed by atoms with Gasteiger partial charge in [0, 0.05) is 29.1 Å². The van der Waals surface area contributed by atoms with Gasteiger partial charge in [-0.25, -0.2) is 0 Å². The molecule has 1 aromatic rings. The molecule has 2 aliphatic heterocycles. The monoisotopic (exact) mass is 312 g/mol. The van der Waals surface area contributed by atoms with Crippen molar-refractivity contribution in [2.75, 3.05) is 19.3 Å². The normalized spacial score (nSPS) is 24.9. The van der Waals surface area contributed by atoms with Crippen LogP contribution < -0.4 is 5.32 Å². The molecule has 2 heterocycles. The third-order valence-electron chi connectivity index (χ3n) is 4.23. The predicted octanol–water partition coefficient (Wildman–Crippen LogP) is 2.80. The van der Waals surface area contributed by atoms with Crippen molar-refractivity contribution in [1.82, 2.24) is 10.2 Å². The molecule has 0 saturated carbocycles. The van der Waals surface area contributed by atoms with Crippen molar-refractivity contribution in [3.63, 3.8) is 0 Å². The van der Waals surface area contributed by atoms with E-state index in [1.54, 1.807) is 11.8 Å². The summed E-state index contributed by atoms with van der Waals surface area (Å²) in [4.78, 5) is 16.0. The van der Waals surface area contributed by atoms with E-state index in [2.05, 4.69) is 16.5 Å². The van der Waals surface area contributed by atoms with E-state index in [0.29, 0.717) is 12.1 Å². The molecule has 3 rings (SSSR count). The van der Waals surface area contributed by atoms with E-state index >= 15 is 0 Å². The highest BCUT2D eigenvalue weighted by atomic mass is 35.5. The van der Waals surface area contributed by atoms with Gasteiger partial charge in [0.25, 0.3) is 5.91 Å². The van der Waals surface area contributed by atoms with Gasteiger partial charge in [-0.15, -0.1) is 24.2 Å². The van der Waals surface area contributed by atoms with Gasteiger partial charge in [-0.05, 0) is 56.3 Å². The summed E-state index contributed by atoms with van der Waals surface area (Å²) in [6, 6.07) is 8.83. The lowest BCUT2D eigenvalue weighted by molar-refractivity contribution is 0.0680. The van der Waals surface area contributed by atoms with Crippen molar-refractivity contribution < 1.29 is 4.79 Å². The van der Waals surface area contributed by atoms with Crippen LogP contribution in [0, 0.1) is 0 Å². The van der Waals surface area contributed by atoms with Crippen LogP contribution in [0.2, 0.25) is 0 Å². The Bertz CT molecular complexity index is 451. The van der Waals surface area contributed by atoms with Gasteiger partial charge < -0.3 is 10.2 Å². The Balaban J connectivity index is 0.00000147. The van der Waals surface area contributed by atoms with Crippen molar-refractivity contribution in [3.8, 4) is 0 Å². The summed E-state index contributed by atoms with van der Waals surface area (Å²) >= 11 is 1.71. The van der Waals surface area contributed by atoms with E-state index in [1.165, 1.54) is 11.3 Å². The Morgan fingerprint density at radius 1 is 1.20 bits per heavy atom. The first-order valence-corrected chi connectivity index (χ1v) is 8.19. The maximum Gasteiger partial charge on any atom is 0.254 e. The molecule has 2 bridgehead atoms. The van der Waals surface area contributed by atoms with Gasteiger partial charge in [0.15, 0.2) is 0 Å². The van der Waals surface area contributed by atoms with Gasteiger partial charge >= 0.3 is 0 Å². The molecule has 2 saturated heterocycles. The van der Waals surface area contributed by atoms with Crippen LogP contribution in [-0.2, 0) is 0 Å². The molecule has 20 heavy (non-hydrogen) atoms. The van der Waals surface area contributed by atoms with Gasteiger partial charge in [0.05, 0.1) is 0 Å². The molecule has 2 fully saturated rings. The predicted molar refractivity (Wildman–Crippen MR) is 85.9 cm³/mol. The molecular formula is C15H21ClN2OS. The quantitative estimate of drug-likeness (QED) is 0.852. The molecule has 110 valence electrons. The van der Waals surface area contributed by atoms with E-state index in [1.807, 2.05) is 24.3 Å². The van der Waals surface area contributed by atoms with Gasteiger partial charge in [-0.2, -0.15) is 0 Å². The summed E-state index contributed by atoms with van der Waals surface area (Å²) in [5.41, 5.74) is 0.830. The SMILES string of the molecule is CSc1ccc(C(=O)N2C3CCNCC2CC3)cc1.Cl. The first-order chi connectivity index (χ1) is 9.29. The van der Waals surface area contributed by atoms with Crippen LogP contribution in [0.5, 0.6) is 0 Å². The third-order valence-corrected chi connectivity index (χ3v) is 4.97. The first kappa shape index (κ1) is 15.7. The fourth-order valence-electron chi connectivity index (χ4n) is 3.20. The molecule has 2 unspecified atom stereocenters. The minimum absolute atomic E-state index is 0. The second kappa shape index (κ2) is 6.83. The number of benzene rings is 1.